The van der Waals surface area contributed by atoms with Crippen molar-refractivity contribution in [2.24, 2.45) is 0 Å². The Balaban J connectivity index is 0.000000545. The second-order valence-corrected chi connectivity index (χ2v) is 5.97. The number of hydrogen-bond donors (Lipinski definition) is 3. The quantitative estimate of drug-likeness (QED) is 0.660. The summed E-state index contributed by atoms with van der Waals surface area (Å²) in [6, 6.07) is 17.3. The van der Waals surface area contributed by atoms with Gasteiger partial charge in [-0.2, -0.15) is 0 Å². The summed E-state index contributed by atoms with van der Waals surface area (Å²) in [6.07, 6.45) is 4.49. The second-order valence-electron chi connectivity index (χ2n) is 5.00. The number of rotatable bonds is 1. The zero-order valence-corrected chi connectivity index (χ0v) is 16.9. The van der Waals surface area contributed by atoms with Crippen LogP contribution in [0.1, 0.15) is 36.1 Å². The predicted octanol–water partition coefficient (Wildman–Crippen LogP) is 3.96. The van der Waals surface area contributed by atoms with E-state index in [1.165, 1.54) is 22.3 Å². The summed E-state index contributed by atoms with van der Waals surface area (Å²) in [5.41, 5.74) is 5.41. The first-order valence-corrected chi connectivity index (χ1v) is 9.40. The van der Waals surface area contributed by atoms with Crippen molar-refractivity contribution in [3.8, 4) is 11.1 Å². The van der Waals surface area contributed by atoms with Gasteiger partial charge in [0.05, 0.1) is 0 Å². The van der Waals surface area contributed by atoms with Crippen LogP contribution < -0.4 is 0 Å². The van der Waals surface area contributed by atoms with Crippen LogP contribution in [-0.2, 0) is 20.4 Å². The Kier molecular flexibility index (Phi) is 14.3. The molecule has 1 unspecified atom stereocenters. The Morgan fingerprint density at radius 3 is 1.84 bits per heavy atom. The standard InChI is InChI=1S/C15H11.3C2H6O.Ti/c1-2-5-12(6-3-1)15-10-9-13-7-4-8-14(13)11-15;3*1-2-3;/h1-11H;3*3H,2H2,1H3;. The first-order chi connectivity index (χ1) is 12.1. The van der Waals surface area contributed by atoms with Gasteiger partial charge in [-0.25, -0.2) is 0 Å². The first kappa shape index (κ1) is 23.8. The van der Waals surface area contributed by atoms with Gasteiger partial charge in [0.2, 0.25) is 0 Å². The Morgan fingerprint density at radius 1 is 0.800 bits per heavy atom. The van der Waals surface area contributed by atoms with Crippen LogP contribution in [0.3, 0.4) is 0 Å². The van der Waals surface area contributed by atoms with Gasteiger partial charge < -0.3 is 15.3 Å². The maximum atomic E-state index is 7.57. The molecule has 3 N–H and O–H groups in total. The molecule has 3 rings (SSSR count). The van der Waals surface area contributed by atoms with Crippen LogP contribution >= 0.6 is 0 Å². The molecule has 4 heteroatoms. The third-order valence-electron chi connectivity index (χ3n) is 3.00. The number of benzene rings is 2. The molecule has 0 fully saturated rings. The average molecular weight is 377 g/mol. The van der Waals surface area contributed by atoms with Gasteiger partial charge in [-0.1, -0.05) is 0 Å². The molecule has 2 aromatic rings. The van der Waals surface area contributed by atoms with E-state index in [-0.39, 0.29) is 19.8 Å². The van der Waals surface area contributed by atoms with Crippen molar-refractivity contribution in [3.63, 3.8) is 0 Å². The molecule has 0 radical (unpaired) electrons. The number of allylic oxidation sites excluding steroid dienone is 1. The molecule has 0 saturated carbocycles. The van der Waals surface area contributed by atoms with E-state index in [1.54, 1.807) is 20.8 Å². The van der Waals surface area contributed by atoms with Crippen LogP contribution in [0.4, 0.5) is 0 Å². The molecule has 2 aromatic carbocycles. The number of fused-ring (bicyclic) bond motifs is 1. The molecule has 25 heavy (non-hydrogen) atoms. The van der Waals surface area contributed by atoms with Gasteiger partial charge in [-0.3, -0.25) is 0 Å². The van der Waals surface area contributed by atoms with Crippen LogP contribution in [0, 0.1) is 0 Å². The zero-order valence-electron chi connectivity index (χ0n) is 15.3. The third-order valence-corrected chi connectivity index (χ3v) is 3.78. The van der Waals surface area contributed by atoms with E-state index in [0.29, 0.717) is 4.22 Å². The van der Waals surface area contributed by atoms with Crippen molar-refractivity contribution in [2.75, 3.05) is 19.8 Å². The summed E-state index contributed by atoms with van der Waals surface area (Å²) in [4.78, 5) is 0. The Bertz CT molecular complexity index is 593. The normalized spacial score (nSPS) is 13.2. The summed E-state index contributed by atoms with van der Waals surface area (Å²) in [5, 5.41) is 22.7. The molecular formula is C21H29O3Ti. The number of aliphatic hydroxyl groups excluding tert-OH is 3. The molecule has 0 heterocycles. The van der Waals surface area contributed by atoms with Crippen molar-refractivity contribution in [2.45, 2.75) is 25.0 Å². The third kappa shape index (κ3) is 9.15. The van der Waals surface area contributed by atoms with Crippen molar-refractivity contribution in [3.05, 3.63) is 65.7 Å². The van der Waals surface area contributed by atoms with E-state index in [9.17, 15) is 0 Å². The number of hydrogen-bond acceptors (Lipinski definition) is 3. The van der Waals surface area contributed by atoms with E-state index < -0.39 is 0 Å². The SMILES string of the molecule is CCO.CCO.CCO.[Ti][CH]1C=Cc2cc(-c3ccccc3)ccc21. The van der Waals surface area contributed by atoms with Gasteiger partial charge >= 0.3 is 108 Å². The zero-order chi connectivity index (χ0) is 19.1. The summed E-state index contributed by atoms with van der Waals surface area (Å²) in [5.74, 6) is 0. The Labute approximate surface area is 163 Å². The fraction of sp³-hybridized carbons (Fsp3) is 0.333. The molecule has 0 spiro atoms. The van der Waals surface area contributed by atoms with Crippen molar-refractivity contribution < 1.29 is 35.8 Å². The molecule has 1 aliphatic rings. The van der Waals surface area contributed by atoms with Crippen LogP contribution in [0.2, 0.25) is 0 Å². The topological polar surface area (TPSA) is 60.7 Å². The summed E-state index contributed by atoms with van der Waals surface area (Å²) in [7, 11) is 0. The Morgan fingerprint density at radius 2 is 1.32 bits per heavy atom. The average Bonchev–Trinajstić information content (AvgIpc) is 2.98. The number of aliphatic hydroxyl groups is 3. The van der Waals surface area contributed by atoms with Crippen LogP contribution in [0.15, 0.2) is 54.6 Å². The van der Waals surface area contributed by atoms with Crippen LogP contribution in [0.25, 0.3) is 17.2 Å². The molecule has 0 saturated heterocycles. The molecule has 0 aromatic heterocycles. The van der Waals surface area contributed by atoms with E-state index in [4.69, 9.17) is 15.3 Å². The van der Waals surface area contributed by atoms with Crippen LogP contribution in [0.5, 0.6) is 0 Å². The van der Waals surface area contributed by atoms with Gasteiger partial charge in [0, 0.05) is 19.8 Å². The summed E-state index contributed by atoms with van der Waals surface area (Å²) in [6.45, 7) is 5.79. The van der Waals surface area contributed by atoms with Crippen molar-refractivity contribution in [1.82, 2.24) is 0 Å². The van der Waals surface area contributed by atoms with E-state index in [2.05, 4.69) is 81.1 Å². The first-order valence-electron chi connectivity index (χ1n) is 8.50. The van der Waals surface area contributed by atoms with Gasteiger partial charge in [-0.15, -0.1) is 0 Å². The molecule has 135 valence electrons. The molecule has 3 nitrogen and oxygen atoms in total. The van der Waals surface area contributed by atoms with E-state index in [0.717, 1.165) is 0 Å². The molecule has 0 bridgehead atoms. The maximum absolute atomic E-state index is 7.57. The monoisotopic (exact) mass is 377 g/mol. The van der Waals surface area contributed by atoms with Gasteiger partial charge in [-0.05, 0) is 20.8 Å². The van der Waals surface area contributed by atoms with E-state index in [1.807, 2.05) is 0 Å². The van der Waals surface area contributed by atoms with Gasteiger partial charge in [0.25, 0.3) is 0 Å². The molecular weight excluding hydrogens is 348 g/mol. The fourth-order valence-corrected chi connectivity index (χ4v) is 2.68. The van der Waals surface area contributed by atoms with Gasteiger partial charge in [0.15, 0.2) is 0 Å². The van der Waals surface area contributed by atoms with Crippen LogP contribution in [-0.4, -0.2) is 35.1 Å². The summed E-state index contributed by atoms with van der Waals surface area (Å²) < 4.78 is 0.569. The molecule has 0 amide bonds. The fourth-order valence-electron chi connectivity index (χ4n) is 2.12. The minimum absolute atomic E-state index is 0.250. The predicted molar refractivity (Wildman–Crippen MR) is 102 cm³/mol. The van der Waals surface area contributed by atoms with Gasteiger partial charge in [0.1, 0.15) is 0 Å². The second kappa shape index (κ2) is 15.1. The molecule has 1 atom stereocenters. The Hall–Kier alpha value is -1.23. The minimum atomic E-state index is 0.250. The van der Waals surface area contributed by atoms with Crippen molar-refractivity contribution in [1.29, 1.82) is 0 Å². The van der Waals surface area contributed by atoms with E-state index >= 15 is 0 Å². The molecule has 0 aliphatic heterocycles. The molecule has 1 aliphatic carbocycles. The summed E-state index contributed by atoms with van der Waals surface area (Å²) >= 11 is 2.24. The van der Waals surface area contributed by atoms with Crippen molar-refractivity contribution >= 4 is 6.08 Å².